The van der Waals surface area contributed by atoms with Gasteiger partial charge in [-0.25, -0.2) is 9.97 Å². The third kappa shape index (κ3) is 3.93. The average Bonchev–Trinajstić information content (AvgIpc) is 2.39. The largest absolute Gasteiger partial charge is 0.339 e. The lowest BCUT2D eigenvalue weighted by Crippen LogP contribution is -2.16. The number of anilines is 2. The summed E-state index contributed by atoms with van der Waals surface area (Å²) < 4.78 is 0.848. The molecule has 0 saturated heterocycles. The van der Waals surface area contributed by atoms with E-state index in [2.05, 4.69) is 37.3 Å². The Morgan fingerprint density at radius 3 is 2.57 bits per heavy atom. The van der Waals surface area contributed by atoms with Crippen molar-refractivity contribution in [1.29, 1.82) is 5.26 Å². The molecule has 0 radical (unpaired) electrons. The zero-order valence-electron chi connectivity index (χ0n) is 11.9. The van der Waals surface area contributed by atoms with Gasteiger partial charge >= 0.3 is 0 Å². The molecule has 0 bridgehead atoms. The summed E-state index contributed by atoms with van der Waals surface area (Å²) in [5, 5.41) is 12.7. The zero-order chi connectivity index (χ0) is 15.6. The van der Waals surface area contributed by atoms with Crippen molar-refractivity contribution >= 4 is 39.0 Å². The molecule has 2 rings (SSSR count). The van der Waals surface area contributed by atoms with E-state index in [9.17, 15) is 5.26 Å². The van der Waals surface area contributed by atoms with Gasteiger partial charge in [0.2, 0.25) is 0 Å². The molecule has 1 aromatic carbocycles. The van der Waals surface area contributed by atoms with Crippen LogP contribution in [0, 0.1) is 11.3 Å². The summed E-state index contributed by atoms with van der Waals surface area (Å²) >= 11 is 9.40. The molecule has 0 aliphatic carbocycles. The maximum absolute atomic E-state index is 9.19. The molecular weight excluding hydrogens is 352 g/mol. The van der Waals surface area contributed by atoms with E-state index in [4.69, 9.17) is 11.6 Å². The number of halogens is 2. The molecule has 0 aliphatic heterocycles. The standard InChI is InChI=1S/C15H14BrClN4/c1-15(2,3)14-20-12(17)7-13(21-14)19-11-5-4-10(16)6-9(11)8-18/h4-7H,1-3H3,(H,19,20,21). The molecule has 0 atom stereocenters. The van der Waals surface area contributed by atoms with E-state index in [1.807, 2.05) is 32.9 Å². The highest BCUT2D eigenvalue weighted by molar-refractivity contribution is 9.10. The molecule has 0 aliphatic rings. The van der Waals surface area contributed by atoms with Gasteiger partial charge in [0.25, 0.3) is 0 Å². The van der Waals surface area contributed by atoms with E-state index in [0.29, 0.717) is 28.0 Å². The number of rotatable bonds is 2. The van der Waals surface area contributed by atoms with E-state index in [0.717, 1.165) is 4.47 Å². The molecule has 0 saturated carbocycles. The molecule has 2 aromatic rings. The molecule has 0 unspecified atom stereocenters. The van der Waals surface area contributed by atoms with Crippen molar-refractivity contribution in [2.45, 2.75) is 26.2 Å². The summed E-state index contributed by atoms with van der Waals surface area (Å²) in [6, 6.07) is 9.20. The Morgan fingerprint density at radius 2 is 1.95 bits per heavy atom. The van der Waals surface area contributed by atoms with E-state index in [1.165, 1.54) is 0 Å². The van der Waals surface area contributed by atoms with E-state index in [1.54, 1.807) is 12.1 Å². The van der Waals surface area contributed by atoms with Crippen LogP contribution in [0.15, 0.2) is 28.7 Å². The van der Waals surface area contributed by atoms with Gasteiger partial charge < -0.3 is 5.32 Å². The molecular formula is C15H14BrClN4. The predicted molar refractivity (Wildman–Crippen MR) is 87.9 cm³/mol. The fourth-order valence-electron chi connectivity index (χ4n) is 1.67. The average molecular weight is 366 g/mol. The Kier molecular flexibility index (Phi) is 4.50. The van der Waals surface area contributed by atoms with Gasteiger partial charge in [0.1, 0.15) is 22.9 Å². The van der Waals surface area contributed by atoms with Gasteiger partial charge in [-0.3, -0.25) is 0 Å². The first-order valence-electron chi connectivity index (χ1n) is 6.31. The van der Waals surface area contributed by atoms with Crippen LogP contribution < -0.4 is 5.32 Å². The second-order valence-electron chi connectivity index (χ2n) is 5.58. The lowest BCUT2D eigenvalue weighted by molar-refractivity contribution is 0.546. The monoisotopic (exact) mass is 364 g/mol. The number of hydrogen-bond donors (Lipinski definition) is 1. The quantitative estimate of drug-likeness (QED) is 0.776. The Bertz CT molecular complexity index is 717. The number of nitriles is 1. The number of aromatic nitrogens is 2. The van der Waals surface area contributed by atoms with Crippen molar-refractivity contribution in [3.05, 3.63) is 45.3 Å². The Morgan fingerprint density at radius 1 is 1.24 bits per heavy atom. The first-order valence-corrected chi connectivity index (χ1v) is 7.48. The maximum Gasteiger partial charge on any atom is 0.137 e. The van der Waals surface area contributed by atoms with Crippen molar-refractivity contribution in [3.8, 4) is 6.07 Å². The summed E-state index contributed by atoms with van der Waals surface area (Å²) in [6.07, 6.45) is 0. The van der Waals surface area contributed by atoms with Gasteiger partial charge in [-0.05, 0) is 18.2 Å². The predicted octanol–water partition coefficient (Wildman–Crippen LogP) is 4.81. The van der Waals surface area contributed by atoms with Crippen LogP contribution in [0.1, 0.15) is 32.2 Å². The minimum Gasteiger partial charge on any atom is -0.339 e. The SMILES string of the molecule is CC(C)(C)c1nc(Cl)cc(Nc2ccc(Br)cc2C#N)n1. The molecule has 1 heterocycles. The van der Waals surface area contributed by atoms with E-state index < -0.39 is 0 Å². The van der Waals surface area contributed by atoms with Crippen LogP contribution in [-0.4, -0.2) is 9.97 Å². The topological polar surface area (TPSA) is 61.6 Å². The Balaban J connectivity index is 2.41. The van der Waals surface area contributed by atoms with E-state index in [-0.39, 0.29) is 5.41 Å². The van der Waals surface area contributed by atoms with Crippen LogP contribution in [0.3, 0.4) is 0 Å². The van der Waals surface area contributed by atoms with Crippen LogP contribution in [0.4, 0.5) is 11.5 Å². The van der Waals surface area contributed by atoms with Crippen LogP contribution in [0.25, 0.3) is 0 Å². The number of hydrogen-bond acceptors (Lipinski definition) is 4. The normalized spacial score (nSPS) is 11.0. The Labute approximate surface area is 137 Å². The first kappa shape index (κ1) is 15.7. The highest BCUT2D eigenvalue weighted by Crippen LogP contribution is 2.26. The molecule has 6 heteroatoms. The van der Waals surface area contributed by atoms with Crippen molar-refractivity contribution in [3.63, 3.8) is 0 Å². The minimum atomic E-state index is -0.209. The highest BCUT2D eigenvalue weighted by atomic mass is 79.9. The summed E-state index contributed by atoms with van der Waals surface area (Å²) in [5.41, 5.74) is 0.991. The Hall–Kier alpha value is -1.64. The lowest BCUT2D eigenvalue weighted by Gasteiger charge is -2.18. The third-order valence-corrected chi connectivity index (χ3v) is 3.42. The summed E-state index contributed by atoms with van der Waals surface area (Å²) in [6.45, 7) is 6.05. The van der Waals surface area contributed by atoms with Crippen LogP contribution in [-0.2, 0) is 5.41 Å². The third-order valence-electron chi connectivity index (χ3n) is 2.73. The molecule has 0 fully saturated rings. The summed E-state index contributed by atoms with van der Waals surface area (Å²) in [7, 11) is 0. The molecule has 4 nitrogen and oxygen atoms in total. The van der Waals surface area contributed by atoms with Crippen LogP contribution >= 0.6 is 27.5 Å². The second kappa shape index (κ2) is 6.00. The fourth-order valence-corrected chi connectivity index (χ4v) is 2.22. The van der Waals surface area contributed by atoms with Crippen LogP contribution in [0.2, 0.25) is 5.15 Å². The molecule has 108 valence electrons. The summed E-state index contributed by atoms with van der Waals surface area (Å²) in [4.78, 5) is 8.72. The van der Waals surface area contributed by atoms with Crippen LogP contribution in [0.5, 0.6) is 0 Å². The molecule has 0 spiro atoms. The van der Waals surface area contributed by atoms with Gasteiger partial charge in [-0.1, -0.05) is 48.3 Å². The van der Waals surface area contributed by atoms with Gasteiger partial charge in [0.15, 0.2) is 0 Å². The summed E-state index contributed by atoms with van der Waals surface area (Å²) in [5.74, 6) is 1.21. The number of nitrogens with one attached hydrogen (secondary N) is 1. The van der Waals surface area contributed by atoms with Gasteiger partial charge in [0, 0.05) is 16.0 Å². The minimum absolute atomic E-state index is 0.209. The number of nitrogens with zero attached hydrogens (tertiary/aromatic N) is 3. The van der Waals surface area contributed by atoms with Crippen molar-refractivity contribution in [2.75, 3.05) is 5.32 Å². The zero-order valence-corrected chi connectivity index (χ0v) is 14.2. The van der Waals surface area contributed by atoms with Gasteiger partial charge in [0.05, 0.1) is 11.3 Å². The highest BCUT2D eigenvalue weighted by Gasteiger charge is 2.19. The number of benzene rings is 1. The molecule has 0 amide bonds. The lowest BCUT2D eigenvalue weighted by atomic mass is 9.96. The van der Waals surface area contributed by atoms with Crippen molar-refractivity contribution < 1.29 is 0 Å². The van der Waals surface area contributed by atoms with E-state index >= 15 is 0 Å². The smallest absolute Gasteiger partial charge is 0.137 e. The van der Waals surface area contributed by atoms with Gasteiger partial charge in [-0.15, -0.1) is 0 Å². The molecule has 1 N–H and O–H groups in total. The second-order valence-corrected chi connectivity index (χ2v) is 6.88. The fraction of sp³-hybridized carbons (Fsp3) is 0.267. The van der Waals surface area contributed by atoms with Gasteiger partial charge in [-0.2, -0.15) is 5.26 Å². The first-order chi connectivity index (χ1) is 9.79. The van der Waals surface area contributed by atoms with Crippen molar-refractivity contribution in [2.24, 2.45) is 0 Å². The molecule has 1 aromatic heterocycles. The maximum atomic E-state index is 9.19. The van der Waals surface area contributed by atoms with Crippen molar-refractivity contribution in [1.82, 2.24) is 9.97 Å². The molecule has 21 heavy (non-hydrogen) atoms.